The molecule has 0 aromatic heterocycles. The molecule has 1 aromatic carbocycles. The van der Waals surface area contributed by atoms with Gasteiger partial charge in [0.25, 0.3) is 0 Å². The Morgan fingerprint density at radius 3 is 2.50 bits per heavy atom. The van der Waals surface area contributed by atoms with Crippen LogP contribution in [0.1, 0.15) is 33.1 Å². The summed E-state index contributed by atoms with van der Waals surface area (Å²) in [5, 5.41) is 9.38. The van der Waals surface area contributed by atoms with E-state index < -0.39 is 10.0 Å². The van der Waals surface area contributed by atoms with Crippen LogP contribution in [0.3, 0.4) is 0 Å². The molecule has 4 nitrogen and oxygen atoms in total. The van der Waals surface area contributed by atoms with E-state index in [1.54, 1.807) is 24.3 Å². The van der Waals surface area contributed by atoms with E-state index in [1.807, 2.05) is 6.07 Å². The highest BCUT2D eigenvalue weighted by Crippen LogP contribution is 2.62. The van der Waals surface area contributed by atoms with E-state index in [2.05, 4.69) is 18.6 Å². The summed E-state index contributed by atoms with van der Waals surface area (Å²) in [7, 11) is -3.48. The first-order valence-electron chi connectivity index (χ1n) is 8.04. The molecular weight excluding hydrogens is 298 g/mol. The third kappa shape index (κ3) is 2.59. The van der Waals surface area contributed by atoms with Crippen molar-refractivity contribution in [3.63, 3.8) is 0 Å². The van der Waals surface area contributed by atoms with Gasteiger partial charge in [0.2, 0.25) is 10.0 Å². The average Bonchev–Trinajstić information content (AvgIpc) is 2.49. The Labute approximate surface area is 133 Å². The number of aliphatic hydroxyl groups is 1. The molecule has 0 radical (unpaired) electrons. The van der Waals surface area contributed by atoms with Gasteiger partial charge in [-0.25, -0.2) is 13.1 Å². The number of aliphatic hydroxyl groups excluding tert-OH is 1. The molecular formula is C17H25NO3S. The molecule has 0 spiro atoms. The minimum atomic E-state index is -3.48. The van der Waals surface area contributed by atoms with Gasteiger partial charge in [-0.2, -0.15) is 0 Å². The van der Waals surface area contributed by atoms with E-state index in [-0.39, 0.29) is 24.0 Å². The summed E-state index contributed by atoms with van der Waals surface area (Å²) in [6.45, 7) is 4.67. The molecule has 0 amide bonds. The molecule has 3 saturated carbocycles. The Bertz CT molecular complexity index is 627. The summed E-state index contributed by atoms with van der Waals surface area (Å²) in [4.78, 5) is 0.316. The second-order valence-electron chi connectivity index (χ2n) is 7.31. The Hall–Kier alpha value is -0.910. The predicted octanol–water partition coefficient (Wildman–Crippen LogP) is 2.40. The minimum Gasteiger partial charge on any atom is -0.396 e. The maximum Gasteiger partial charge on any atom is 0.240 e. The van der Waals surface area contributed by atoms with Crippen LogP contribution in [0.4, 0.5) is 0 Å². The molecule has 0 heterocycles. The quantitative estimate of drug-likeness (QED) is 0.874. The van der Waals surface area contributed by atoms with Crippen molar-refractivity contribution in [2.75, 3.05) is 6.61 Å². The molecule has 5 heteroatoms. The number of nitrogens with one attached hydrogen (secondary N) is 1. The Kier molecular flexibility index (Phi) is 4.08. The van der Waals surface area contributed by atoms with Gasteiger partial charge in [0.15, 0.2) is 0 Å². The van der Waals surface area contributed by atoms with Gasteiger partial charge in [0.1, 0.15) is 0 Å². The van der Waals surface area contributed by atoms with Crippen LogP contribution in [-0.4, -0.2) is 26.2 Å². The fourth-order valence-corrected chi connectivity index (χ4v) is 5.82. The van der Waals surface area contributed by atoms with Crippen LogP contribution in [0.2, 0.25) is 0 Å². The van der Waals surface area contributed by atoms with Crippen molar-refractivity contribution < 1.29 is 13.5 Å². The number of hydrogen-bond donors (Lipinski definition) is 2. The van der Waals surface area contributed by atoms with Crippen LogP contribution in [0.25, 0.3) is 0 Å². The van der Waals surface area contributed by atoms with E-state index in [0.717, 1.165) is 6.42 Å². The molecule has 3 aliphatic rings. The zero-order valence-electron chi connectivity index (χ0n) is 13.2. The molecule has 2 N–H and O–H groups in total. The second kappa shape index (κ2) is 5.62. The highest BCUT2D eigenvalue weighted by Gasteiger charge is 2.57. The normalized spacial score (nSPS) is 33.2. The van der Waals surface area contributed by atoms with E-state index in [9.17, 15) is 13.5 Å². The maximum atomic E-state index is 12.6. The number of fused-ring (bicyclic) bond motifs is 2. The van der Waals surface area contributed by atoms with Crippen molar-refractivity contribution in [3.05, 3.63) is 30.3 Å². The van der Waals surface area contributed by atoms with Crippen molar-refractivity contribution >= 4 is 10.0 Å². The Morgan fingerprint density at radius 2 is 1.91 bits per heavy atom. The van der Waals surface area contributed by atoms with Gasteiger partial charge in [0, 0.05) is 12.6 Å². The first-order valence-corrected chi connectivity index (χ1v) is 9.53. The zero-order valence-corrected chi connectivity index (χ0v) is 14.0. The van der Waals surface area contributed by atoms with Crippen LogP contribution in [-0.2, 0) is 10.0 Å². The smallest absolute Gasteiger partial charge is 0.240 e. The lowest BCUT2D eigenvalue weighted by Crippen LogP contribution is -2.61. The summed E-state index contributed by atoms with van der Waals surface area (Å²) in [5.74, 6) is 1.31. The lowest BCUT2D eigenvalue weighted by molar-refractivity contribution is -0.121. The lowest BCUT2D eigenvalue weighted by Gasteiger charge is -2.62. The molecule has 4 atom stereocenters. The molecule has 2 bridgehead atoms. The molecule has 0 aliphatic heterocycles. The zero-order chi connectivity index (χ0) is 16.0. The number of sulfonamides is 1. The van der Waals surface area contributed by atoms with Crippen molar-refractivity contribution in [3.8, 4) is 0 Å². The largest absolute Gasteiger partial charge is 0.396 e. The van der Waals surface area contributed by atoms with Gasteiger partial charge in [-0.3, -0.25) is 0 Å². The second-order valence-corrected chi connectivity index (χ2v) is 9.03. The van der Waals surface area contributed by atoms with Gasteiger partial charge in [-0.05, 0) is 54.6 Å². The Morgan fingerprint density at radius 1 is 1.23 bits per heavy atom. The van der Waals surface area contributed by atoms with E-state index in [4.69, 9.17) is 0 Å². The molecule has 22 heavy (non-hydrogen) atoms. The van der Waals surface area contributed by atoms with Gasteiger partial charge in [-0.1, -0.05) is 32.0 Å². The van der Waals surface area contributed by atoms with Crippen molar-refractivity contribution in [1.82, 2.24) is 4.72 Å². The molecule has 1 aromatic rings. The third-order valence-corrected chi connectivity index (χ3v) is 7.45. The van der Waals surface area contributed by atoms with E-state index in [1.165, 1.54) is 6.42 Å². The van der Waals surface area contributed by atoms with Crippen LogP contribution in [0.15, 0.2) is 35.2 Å². The van der Waals surface area contributed by atoms with Crippen LogP contribution in [0, 0.1) is 23.2 Å². The fourth-order valence-electron chi connectivity index (χ4n) is 4.50. The first-order chi connectivity index (χ1) is 10.4. The first kappa shape index (κ1) is 16.0. The highest BCUT2D eigenvalue weighted by atomic mass is 32.2. The number of benzene rings is 1. The van der Waals surface area contributed by atoms with Gasteiger partial charge < -0.3 is 5.11 Å². The predicted molar refractivity (Wildman–Crippen MR) is 85.7 cm³/mol. The van der Waals surface area contributed by atoms with Crippen LogP contribution < -0.4 is 4.72 Å². The van der Waals surface area contributed by atoms with Crippen molar-refractivity contribution in [2.45, 2.75) is 44.0 Å². The topological polar surface area (TPSA) is 66.4 Å². The van der Waals surface area contributed by atoms with Crippen molar-refractivity contribution in [2.24, 2.45) is 23.2 Å². The Balaban J connectivity index is 1.80. The van der Waals surface area contributed by atoms with E-state index >= 15 is 0 Å². The molecule has 4 rings (SSSR count). The van der Waals surface area contributed by atoms with Crippen LogP contribution in [0.5, 0.6) is 0 Å². The minimum absolute atomic E-state index is 0.0610. The standard InChI is InChI=1S/C17H25NO3S/c1-17(2)12-10-15(17)14(8-9-19)16(11-12)18-22(20,21)13-6-4-3-5-7-13/h3-7,12,14-16,18-19H,8-11H2,1-2H3/t12-,14-,15+,16+/m1/s1. The van der Waals surface area contributed by atoms with Crippen LogP contribution >= 0.6 is 0 Å². The summed E-state index contributed by atoms with van der Waals surface area (Å²) < 4.78 is 28.0. The summed E-state index contributed by atoms with van der Waals surface area (Å²) in [6, 6.07) is 8.47. The average molecular weight is 323 g/mol. The third-order valence-electron chi connectivity index (χ3n) is 5.94. The summed E-state index contributed by atoms with van der Waals surface area (Å²) >= 11 is 0. The monoisotopic (exact) mass is 323 g/mol. The molecule has 122 valence electrons. The molecule has 3 fully saturated rings. The summed E-state index contributed by atoms with van der Waals surface area (Å²) in [6.07, 6.45) is 2.71. The maximum absolute atomic E-state index is 12.6. The molecule has 3 aliphatic carbocycles. The summed E-state index contributed by atoms with van der Waals surface area (Å²) in [5.41, 5.74) is 0.272. The van der Waals surface area contributed by atoms with Gasteiger partial charge in [0.05, 0.1) is 4.90 Å². The van der Waals surface area contributed by atoms with Gasteiger partial charge >= 0.3 is 0 Å². The number of hydrogen-bond acceptors (Lipinski definition) is 3. The lowest BCUT2D eigenvalue weighted by atomic mass is 9.44. The van der Waals surface area contributed by atoms with Gasteiger partial charge in [-0.15, -0.1) is 0 Å². The molecule has 0 unspecified atom stereocenters. The van der Waals surface area contributed by atoms with Crippen molar-refractivity contribution in [1.29, 1.82) is 0 Å². The van der Waals surface area contributed by atoms with E-state index in [0.29, 0.717) is 23.2 Å². The fraction of sp³-hybridized carbons (Fsp3) is 0.647. The SMILES string of the molecule is CC1(C)[C@H]2C[C@H](NS(=O)(=O)c3ccccc3)[C@H](CCO)[C@@H]1C2. The highest BCUT2D eigenvalue weighted by molar-refractivity contribution is 7.89. The number of rotatable bonds is 5. The molecule has 0 saturated heterocycles.